The minimum absolute atomic E-state index is 0.0200. The van der Waals surface area contributed by atoms with Crippen LogP contribution in [-0.4, -0.2) is 35.0 Å². The van der Waals surface area contributed by atoms with E-state index >= 15 is 0 Å². The van der Waals surface area contributed by atoms with Crippen molar-refractivity contribution in [2.24, 2.45) is 0 Å². The Morgan fingerprint density at radius 2 is 1.96 bits per heavy atom. The molecule has 26 heavy (non-hydrogen) atoms. The topological polar surface area (TPSA) is 84.7 Å². The number of carbonyl (C=O) groups is 1. The van der Waals surface area contributed by atoms with Gasteiger partial charge in [0.1, 0.15) is 6.17 Å². The summed E-state index contributed by atoms with van der Waals surface area (Å²) >= 11 is 0. The van der Waals surface area contributed by atoms with Gasteiger partial charge in [-0.1, -0.05) is 12.1 Å². The van der Waals surface area contributed by atoms with E-state index in [4.69, 9.17) is 4.74 Å². The van der Waals surface area contributed by atoms with Crippen molar-refractivity contribution in [1.29, 1.82) is 0 Å². The third kappa shape index (κ3) is 3.01. The Morgan fingerprint density at radius 1 is 1.19 bits per heavy atom. The van der Waals surface area contributed by atoms with Crippen LogP contribution in [0, 0.1) is 10.1 Å². The van der Waals surface area contributed by atoms with Crippen LogP contribution >= 0.6 is 0 Å². The molecule has 2 aromatic rings. The lowest BCUT2D eigenvalue weighted by Crippen LogP contribution is -2.46. The average molecular weight is 353 g/mol. The number of nitrogens with one attached hydrogen (secondary N) is 1. The first-order valence-electron chi connectivity index (χ1n) is 8.66. The van der Waals surface area contributed by atoms with E-state index in [1.807, 2.05) is 18.2 Å². The maximum Gasteiger partial charge on any atom is 0.269 e. The standard InChI is InChI=1S/C19H19N3O4/c23-19-16-5-1-2-6-17(16)20-18(21(19)12-15-4-3-11-26-15)13-7-9-14(10-8-13)22(24)25/h1-2,5-10,15,18,20H,3-4,11-12H2/t15-,18+/m1/s1. The molecule has 0 bridgehead atoms. The van der Waals surface area contributed by atoms with E-state index in [1.165, 1.54) is 12.1 Å². The Bertz CT molecular complexity index is 831. The van der Waals surface area contributed by atoms with Crippen LogP contribution in [0.2, 0.25) is 0 Å². The molecule has 0 spiro atoms. The fourth-order valence-electron chi connectivity index (χ4n) is 3.53. The molecule has 1 fully saturated rings. The lowest BCUT2D eigenvalue weighted by atomic mass is 10.0. The van der Waals surface area contributed by atoms with Gasteiger partial charge in [-0.2, -0.15) is 0 Å². The molecule has 1 saturated heterocycles. The van der Waals surface area contributed by atoms with Crippen molar-refractivity contribution in [1.82, 2.24) is 4.90 Å². The number of para-hydroxylation sites is 1. The van der Waals surface area contributed by atoms with Gasteiger partial charge in [0.25, 0.3) is 11.6 Å². The molecule has 2 atom stereocenters. The van der Waals surface area contributed by atoms with Crippen molar-refractivity contribution in [3.63, 3.8) is 0 Å². The number of carbonyl (C=O) groups excluding carboxylic acids is 1. The van der Waals surface area contributed by atoms with E-state index in [0.29, 0.717) is 12.1 Å². The van der Waals surface area contributed by atoms with Crippen LogP contribution in [0.4, 0.5) is 11.4 Å². The number of ether oxygens (including phenoxy) is 1. The quantitative estimate of drug-likeness (QED) is 0.673. The monoisotopic (exact) mass is 353 g/mol. The number of anilines is 1. The van der Waals surface area contributed by atoms with Crippen LogP contribution in [-0.2, 0) is 4.74 Å². The average Bonchev–Trinajstić information content (AvgIpc) is 3.17. The van der Waals surface area contributed by atoms with Gasteiger partial charge in [0.15, 0.2) is 0 Å². The molecule has 1 N–H and O–H groups in total. The normalized spacial score (nSPS) is 22.0. The number of hydrogen-bond donors (Lipinski definition) is 1. The first-order chi connectivity index (χ1) is 12.6. The van der Waals surface area contributed by atoms with Crippen molar-refractivity contribution in [3.8, 4) is 0 Å². The highest BCUT2D eigenvalue weighted by molar-refractivity contribution is 6.01. The van der Waals surface area contributed by atoms with Gasteiger partial charge in [-0.05, 0) is 42.7 Å². The van der Waals surface area contributed by atoms with E-state index in [1.54, 1.807) is 23.1 Å². The Hall–Kier alpha value is -2.93. The highest BCUT2D eigenvalue weighted by atomic mass is 16.6. The van der Waals surface area contributed by atoms with E-state index < -0.39 is 4.92 Å². The molecular weight excluding hydrogens is 334 g/mol. The summed E-state index contributed by atoms with van der Waals surface area (Å²) in [7, 11) is 0. The molecule has 0 aromatic heterocycles. The molecular formula is C19H19N3O4. The number of hydrogen-bond acceptors (Lipinski definition) is 5. The van der Waals surface area contributed by atoms with Crippen LogP contribution in [0.3, 0.4) is 0 Å². The molecule has 4 rings (SSSR count). The molecule has 0 unspecified atom stereocenters. The van der Waals surface area contributed by atoms with E-state index in [2.05, 4.69) is 5.32 Å². The van der Waals surface area contributed by atoms with Crippen LogP contribution in [0.15, 0.2) is 48.5 Å². The number of nitrogens with zero attached hydrogens (tertiary/aromatic N) is 2. The summed E-state index contributed by atoms with van der Waals surface area (Å²) in [6, 6.07) is 13.7. The molecule has 7 heteroatoms. The van der Waals surface area contributed by atoms with Gasteiger partial charge in [0.2, 0.25) is 0 Å². The largest absolute Gasteiger partial charge is 0.376 e. The van der Waals surface area contributed by atoms with Gasteiger partial charge >= 0.3 is 0 Å². The Kier molecular flexibility index (Phi) is 4.30. The highest BCUT2D eigenvalue weighted by Gasteiger charge is 2.35. The number of fused-ring (bicyclic) bond motifs is 1. The van der Waals surface area contributed by atoms with Crippen molar-refractivity contribution in [3.05, 3.63) is 69.8 Å². The zero-order valence-corrected chi connectivity index (χ0v) is 14.1. The summed E-state index contributed by atoms with van der Waals surface area (Å²) in [4.78, 5) is 25.3. The second kappa shape index (κ2) is 6.76. The molecule has 0 saturated carbocycles. The van der Waals surface area contributed by atoms with Gasteiger partial charge in [0.05, 0.1) is 16.6 Å². The Labute approximate surface area is 150 Å². The highest BCUT2D eigenvalue weighted by Crippen LogP contribution is 2.34. The molecule has 0 aliphatic carbocycles. The van der Waals surface area contributed by atoms with Crippen molar-refractivity contribution < 1.29 is 14.5 Å². The second-order valence-corrected chi connectivity index (χ2v) is 6.53. The number of amides is 1. The zero-order valence-electron chi connectivity index (χ0n) is 14.1. The summed E-state index contributed by atoms with van der Waals surface area (Å²) in [5.41, 5.74) is 2.23. The number of nitro benzene ring substituents is 1. The number of benzene rings is 2. The number of rotatable bonds is 4. The number of nitro groups is 1. The summed E-state index contributed by atoms with van der Waals surface area (Å²) < 4.78 is 5.72. The maximum atomic E-state index is 13.1. The summed E-state index contributed by atoms with van der Waals surface area (Å²) in [6.45, 7) is 1.21. The Morgan fingerprint density at radius 3 is 2.65 bits per heavy atom. The van der Waals surface area contributed by atoms with Crippen molar-refractivity contribution in [2.75, 3.05) is 18.5 Å². The number of non-ortho nitro benzene ring substituents is 1. The molecule has 1 amide bonds. The van der Waals surface area contributed by atoms with Gasteiger partial charge in [-0.25, -0.2) is 0 Å². The van der Waals surface area contributed by atoms with Gasteiger partial charge in [-0.3, -0.25) is 14.9 Å². The van der Waals surface area contributed by atoms with E-state index in [0.717, 1.165) is 30.7 Å². The first kappa shape index (κ1) is 16.5. The summed E-state index contributed by atoms with van der Waals surface area (Å²) in [6.07, 6.45) is 1.56. The minimum Gasteiger partial charge on any atom is -0.376 e. The minimum atomic E-state index is -0.428. The van der Waals surface area contributed by atoms with Crippen LogP contribution in [0.5, 0.6) is 0 Å². The summed E-state index contributed by atoms with van der Waals surface area (Å²) in [5, 5.41) is 14.3. The van der Waals surface area contributed by atoms with Gasteiger partial charge < -0.3 is 15.0 Å². The second-order valence-electron chi connectivity index (χ2n) is 6.53. The molecule has 7 nitrogen and oxygen atoms in total. The van der Waals surface area contributed by atoms with Crippen molar-refractivity contribution >= 4 is 17.3 Å². The fraction of sp³-hybridized carbons (Fsp3) is 0.316. The van der Waals surface area contributed by atoms with E-state index in [-0.39, 0.29) is 23.9 Å². The SMILES string of the molecule is O=C1c2ccccc2N[C@H](c2ccc([N+](=O)[O-])cc2)N1C[C@H]1CCCO1. The fourth-order valence-corrected chi connectivity index (χ4v) is 3.53. The van der Waals surface area contributed by atoms with Crippen LogP contribution < -0.4 is 5.32 Å². The predicted octanol–water partition coefficient (Wildman–Crippen LogP) is 3.34. The van der Waals surface area contributed by atoms with Gasteiger partial charge in [0, 0.05) is 31.0 Å². The molecule has 134 valence electrons. The molecule has 2 aliphatic heterocycles. The van der Waals surface area contributed by atoms with Crippen LogP contribution in [0.25, 0.3) is 0 Å². The maximum absolute atomic E-state index is 13.1. The van der Waals surface area contributed by atoms with E-state index in [9.17, 15) is 14.9 Å². The van der Waals surface area contributed by atoms with Gasteiger partial charge in [-0.15, -0.1) is 0 Å². The molecule has 2 heterocycles. The smallest absolute Gasteiger partial charge is 0.269 e. The Balaban J connectivity index is 1.69. The van der Waals surface area contributed by atoms with Crippen molar-refractivity contribution in [2.45, 2.75) is 25.1 Å². The third-order valence-corrected chi connectivity index (χ3v) is 4.87. The third-order valence-electron chi connectivity index (χ3n) is 4.87. The van der Waals surface area contributed by atoms with Crippen LogP contribution in [0.1, 0.15) is 34.9 Å². The summed E-state index contributed by atoms with van der Waals surface area (Å²) in [5.74, 6) is -0.0572. The lowest BCUT2D eigenvalue weighted by Gasteiger charge is -2.39. The predicted molar refractivity (Wildman–Crippen MR) is 95.9 cm³/mol. The molecule has 2 aliphatic rings. The molecule has 2 aromatic carbocycles. The zero-order chi connectivity index (χ0) is 18.1. The molecule has 0 radical (unpaired) electrons. The lowest BCUT2D eigenvalue weighted by molar-refractivity contribution is -0.384. The first-order valence-corrected chi connectivity index (χ1v) is 8.66.